The van der Waals surface area contributed by atoms with E-state index in [1.54, 1.807) is 0 Å². The second-order valence-corrected chi connectivity index (χ2v) is 9.26. The van der Waals surface area contributed by atoms with Gasteiger partial charge in [-0.1, -0.05) is 13.3 Å². The first kappa shape index (κ1) is 24.3. The monoisotopic (exact) mass is 464 g/mol. The van der Waals surface area contributed by atoms with Gasteiger partial charge in [0.25, 0.3) is 5.91 Å². The Kier molecular flexibility index (Phi) is 8.08. The Morgan fingerprint density at radius 2 is 2.00 bits per heavy atom. The number of nitrogens with zero attached hydrogens (tertiary/aromatic N) is 3. The minimum Gasteiger partial charge on any atom is -0.451 e. The summed E-state index contributed by atoms with van der Waals surface area (Å²) in [5.74, 6) is -1.38. The molecule has 1 aliphatic rings. The Labute approximate surface area is 198 Å². The van der Waals surface area contributed by atoms with Crippen molar-refractivity contribution in [2.45, 2.75) is 65.8 Å². The summed E-state index contributed by atoms with van der Waals surface area (Å²) in [4.78, 5) is 26.0. The molecule has 172 valence electrons. The number of carbonyl (C=O) groups excluding carboxylic acids is 2. The van der Waals surface area contributed by atoms with Gasteiger partial charge in [0.1, 0.15) is 22.7 Å². The van der Waals surface area contributed by atoms with Crippen LogP contribution in [0.4, 0.5) is 5.00 Å². The lowest BCUT2D eigenvalue weighted by atomic mass is 10.1. The first-order valence-corrected chi connectivity index (χ1v) is 12.0. The fourth-order valence-corrected chi connectivity index (χ4v) is 5.41. The standard InChI is InChI=1S/C25H28N4O3S/c1-4-10-29-16(2)11-18(17(29)3)12-19(13-26)25(31)32-15-23(30)28-24-21(14-27)20-8-6-5-7-9-22(20)33-24/h11-12H,4-10,15H2,1-3H3,(H,28,30). The van der Waals surface area contributed by atoms with Crippen molar-refractivity contribution in [1.29, 1.82) is 10.5 Å². The molecule has 8 heteroatoms. The molecule has 0 atom stereocenters. The Hall–Kier alpha value is -3.36. The van der Waals surface area contributed by atoms with Crippen LogP contribution < -0.4 is 5.32 Å². The molecule has 33 heavy (non-hydrogen) atoms. The summed E-state index contributed by atoms with van der Waals surface area (Å²) in [6.07, 6.45) is 7.48. The van der Waals surface area contributed by atoms with E-state index in [9.17, 15) is 20.1 Å². The van der Waals surface area contributed by atoms with Gasteiger partial charge in [0.2, 0.25) is 0 Å². The van der Waals surface area contributed by atoms with Gasteiger partial charge in [-0.25, -0.2) is 4.79 Å². The van der Waals surface area contributed by atoms with E-state index in [2.05, 4.69) is 22.9 Å². The molecule has 0 saturated heterocycles. The summed E-state index contributed by atoms with van der Waals surface area (Å²) in [7, 11) is 0. The van der Waals surface area contributed by atoms with E-state index < -0.39 is 18.5 Å². The number of ether oxygens (including phenoxy) is 1. The van der Waals surface area contributed by atoms with Crippen molar-refractivity contribution >= 4 is 34.3 Å². The number of hydrogen-bond donors (Lipinski definition) is 1. The quantitative estimate of drug-likeness (QED) is 0.274. The number of aryl methyl sites for hydroxylation is 2. The van der Waals surface area contributed by atoms with E-state index in [1.165, 1.54) is 17.4 Å². The van der Waals surface area contributed by atoms with Gasteiger partial charge in [-0.2, -0.15) is 10.5 Å². The van der Waals surface area contributed by atoms with Gasteiger partial charge in [-0.05, 0) is 69.2 Å². The number of nitrogens with one attached hydrogen (secondary N) is 1. The highest BCUT2D eigenvalue weighted by molar-refractivity contribution is 7.16. The summed E-state index contributed by atoms with van der Waals surface area (Å²) < 4.78 is 7.23. The van der Waals surface area contributed by atoms with Crippen molar-refractivity contribution in [3.63, 3.8) is 0 Å². The molecule has 0 aliphatic heterocycles. The Balaban J connectivity index is 1.66. The van der Waals surface area contributed by atoms with Crippen LogP contribution in [0.15, 0.2) is 11.6 Å². The van der Waals surface area contributed by atoms with Crippen molar-refractivity contribution in [3.8, 4) is 12.1 Å². The molecule has 2 heterocycles. The first-order valence-electron chi connectivity index (χ1n) is 11.2. The molecule has 2 aromatic rings. The molecule has 3 rings (SSSR count). The topological polar surface area (TPSA) is 108 Å². The maximum absolute atomic E-state index is 12.4. The van der Waals surface area contributed by atoms with Gasteiger partial charge in [-0.15, -0.1) is 11.3 Å². The number of nitriles is 2. The molecule has 7 nitrogen and oxygen atoms in total. The lowest BCUT2D eigenvalue weighted by molar-refractivity contribution is -0.142. The highest BCUT2D eigenvalue weighted by Gasteiger charge is 2.22. The van der Waals surface area contributed by atoms with Crippen molar-refractivity contribution in [2.24, 2.45) is 0 Å². The molecule has 1 amide bonds. The van der Waals surface area contributed by atoms with Crippen LogP contribution in [0.25, 0.3) is 6.08 Å². The van der Waals surface area contributed by atoms with E-state index in [1.807, 2.05) is 26.0 Å². The zero-order chi connectivity index (χ0) is 24.0. The van der Waals surface area contributed by atoms with E-state index in [0.29, 0.717) is 10.6 Å². The van der Waals surface area contributed by atoms with Crippen molar-refractivity contribution in [2.75, 3.05) is 11.9 Å². The number of rotatable bonds is 7. The molecule has 0 unspecified atom stereocenters. The number of carbonyl (C=O) groups is 2. The van der Waals surface area contributed by atoms with Crippen LogP contribution in [0.2, 0.25) is 0 Å². The number of thiophene rings is 1. The van der Waals surface area contributed by atoms with E-state index in [-0.39, 0.29) is 5.57 Å². The Bertz CT molecular complexity index is 1170. The number of hydrogen-bond acceptors (Lipinski definition) is 6. The molecule has 1 N–H and O–H groups in total. The third kappa shape index (κ3) is 5.53. The van der Waals surface area contributed by atoms with E-state index in [4.69, 9.17) is 4.74 Å². The molecule has 0 aromatic carbocycles. The predicted molar refractivity (Wildman–Crippen MR) is 128 cm³/mol. The number of amides is 1. The SMILES string of the molecule is CCCn1c(C)cc(C=C(C#N)C(=O)OCC(=O)Nc2sc3c(c2C#N)CCCCC3)c1C. The Morgan fingerprint density at radius 1 is 1.24 bits per heavy atom. The number of esters is 1. The van der Waals surface area contributed by atoms with Gasteiger partial charge in [0, 0.05) is 22.8 Å². The average Bonchev–Trinajstić information content (AvgIpc) is 3.14. The maximum atomic E-state index is 12.4. The van der Waals surface area contributed by atoms with Gasteiger partial charge in [0.15, 0.2) is 6.61 Å². The van der Waals surface area contributed by atoms with Gasteiger partial charge >= 0.3 is 5.97 Å². The maximum Gasteiger partial charge on any atom is 0.349 e. The fraction of sp³-hybridized carbons (Fsp3) is 0.440. The van der Waals surface area contributed by atoms with Crippen LogP contribution >= 0.6 is 11.3 Å². The van der Waals surface area contributed by atoms with Crippen LogP contribution in [0, 0.1) is 36.5 Å². The van der Waals surface area contributed by atoms with Crippen molar-refractivity contribution < 1.29 is 14.3 Å². The minimum atomic E-state index is -0.851. The summed E-state index contributed by atoms with van der Waals surface area (Å²) >= 11 is 1.42. The zero-order valence-corrected chi connectivity index (χ0v) is 20.1. The third-order valence-corrected chi connectivity index (χ3v) is 7.03. The van der Waals surface area contributed by atoms with Crippen LogP contribution in [0.3, 0.4) is 0 Å². The highest BCUT2D eigenvalue weighted by Crippen LogP contribution is 2.36. The molecule has 0 radical (unpaired) electrons. The van der Waals surface area contributed by atoms with Crippen LogP contribution in [0.5, 0.6) is 0 Å². The average molecular weight is 465 g/mol. The van der Waals surface area contributed by atoms with E-state index >= 15 is 0 Å². The first-order chi connectivity index (χ1) is 15.9. The molecule has 0 fully saturated rings. The van der Waals surface area contributed by atoms with Crippen LogP contribution in [-0.2, 0) is 33.7 Å². The fourth-order valence-electron chi connectivity index (χ4n) is 4.15. The number of anilines is 1. The summed E-state index contributed by atoms with van der Waals surface area (Å²) in [5.41, 5.74) is 4.17. The zero-order valence-electron chi connectivity index (χ0n) is 19.3. The molecule has 0 spiro atoms. The summed E-state index contributed by atoms with van der Waals surface area (Å²) in [5, 5.41) is 22.2. The highest BCUT2D eigenvalue weighted by atomic mass is 32.1. The minimum absolute atomic E-state index is 0.167. The van der Waals surface area contributed by atoms with E-state index in [0.717, 1.165) is 72.5 Å². The summed E-state index contributed by atoms with van der Waals surface area (Å²) in [6, 6.07) is 6.01. The lowest BCUT2D eigenvalue weighted by Crippen LogP contribution is -2.21. The molecular formula is C25H28N4O3S. The van der Waals surface area contributed by atoms with Gasteiger partial charge < -0.3 is 14.6 Å². The molecule has 0 saturated carbocycles. The molecule has 0 bridgehead atoms. The molecule has 1 aliphatic carbocycles. The number of fused-ring (bicyclic) bond motifs is 1. The van der Waals surface area contributed by atoms with Crippen LogP contribution in [0.1, 0.15) is 65.6 Å². The van der Waals surface area contributed by atoms with Crippen LogP contribution in [-0.4, -0.2) is 23.1 Å². The Morgan fingerprint density at radius 3 is 2.70 bits per heavy atom. The second-order valence-electron chi connectivity index (χ2n) is 8.15. The number of aromatic nitrogens is 1. The lowest BCUT2D eigenvalue weighted by Gasteiger charge is -2.07. The van der Waals surface area contributed by atoms with Crippen molar-refractivity contribution in [1.82, 2.24) is 4.57 Å². The van der Waals surface area contributed by atoms with Crippen molar-refractivity contribution in [3.05, 3.63) is 44.6 Å². The summed E-state index contributed by atoms with van der Waals surface area (Å²) in [6.45, 7) is 6.34. The third-order valence-electron chi connectivity index (χ3n) is 5.82. The smallest absolute Gasteiger partial charge is 0.349 e. The molecular weight excluding hydrogens is 436 g/mol. The normalized spacial score (nSPS) is 13.4. The largest absolute Gasteiger partial charge is 0.451 e. The van der Waals surface area contributed by atoms with Gasteiger partial charge in [0.05, 0.1) is 5.56 Å². The van der Waals surface area contributed by atoms with Gasteiger partial charge in [-0.3, -0.25) is 4.79 Å². The predicted octanol–water partition coefficient (Wildman–Crippen LogP) is 4.81. The molecule has 2 aromatic heterocycles. The second kappa shape index (κ2) is 11.0.